The van der Waals surface area contributed by atoms with Gasteiger partial charge in [0, 0.05) is 19.2 Å². The first-order valence-corrected chi connectivity index (χ1v) is 6.75. The molecule has 4 nitrogen and oxygen atoms in total. The molecular formula is C17H19NO3. The summed E-state index contributed by atoms with van der Waals surface area (Å²) in [7, 11) is 1.71. The minimum absolute atomic E-state index is 0.154. The summed E-state index contributed by atoms with van der Waals surface area (Å²) in [5.74, 6) is 1.60. The molecule has 4 heteroatoms. The van der Waals surface area contributed by atoms with Crippen molar-refractivity contribution in [3.63, 3.8) is 0 Å². The van der Waals surface area contributed by atoms with Gasteiger partial charge in [0.25, 0.3) is 5.91 Å². The molecule has 0 saturated carbocycles. The Balaban J connectivity index is 2.05. The molecule has 1 amide bonds. The smallest absolute Gasteiger partial charge is 0.289 e. The molecule has 21 heavy (non-hydrogen) atoms. The molecule has 0 aliphatic heterocycles. The van der Waals surface area contributed by atoms with Crippen molar-refractivity contribution >= 4 is 5.91 Å². The Bertz CT molecular complexity index is 616. The number of nitrogens with zero attached hydrogens (tertiary/aromatic N) is 1. The van der Waals surface area contributed by atoms with Crippen LogP contribution in [0.4, 0.5) is 0 Å². The minimum Gasteiger partial charge on any atom is -0.486 e. The van der Waals surface area contributed by atoms with Gasteiger partial charge in [-0.2, -0.15) is 0 Å². The van der Waals surface area contributed by atoms with E-state index in [0.29, 0.717) is 24.7 Å². The fraction of sp³-hybridized carbons (Fsp3) is 0.235. The third kappa shape index (κ3) is 3.75. The number of hydrogen-bond acceptors (Lipinski definition) is 3. The number of ether oxygens (including phenoxy) is 1. The number of rotatable bonds is 6. The van der Waals surface area contributed by atoms with Crippen molar-refractivity contribution in [1.29, 1.82) is 0 Å². The fourth-order valence-electron chi connectivity index (χ4n) is 1.95. The molecule has 2 aromatic rings. The summed E-state index contributed by atoms with van der Waals surface area (Å²) in [6, 6.07) is 11.3. The van der Waals surface area contributed by atoms with Gasteiger partial charge in [-0.3, -0.25) is 4.79 Å². The van der Waals surface area contributed by atoms with Crippen LogP contribution in [-0.4, -0.2) is 24.4 Å². The average molecular weight is 285 g/mol. The Kier molecular flexibility index (Phi) is 4.82. The van der Waals surface area contributed by atoms with Crippen LogP contribution in [0.5, 0.6) is 5.75 Å². The quantitative estimate of drug-likeness (QED) is 0.764. The van der Waals surface area contributed by atoms with Crippen molar-refractivity contribution in [3.8, 4) is 5.75 Å². The van der Waals surface area contributed by atoms with E-state index in [0.717, 1.165) is 11.3 Å². The highest BCUT2D eigenvalue weighted by Gasteiger charge is 2.19. The van der Waals surface area contributed by atoms with Crippen LogP contribution < -0.4 is 4.74 Å². The van der Waals surface area contributed by atoms with E-state index in [-0.39, 0.29) is 5.91 Å². The molecular weight excluding hydrogens is 266 g/mol. The van der Waals surface area contributed by atoms with Crippen LogP contribution >= 0.6 is 0 Å². The number of benzene rings is 1. The van der Waals surface area contributed by atoms with E-state index in [4.69, 9.17) is 9.15 Å². The van der Waals surface area contributed by atoms with Crippen molar-refractivity contribution < 1.29 is 13.9 Å². The van der Waals surface area contributed by atoms with Gasteiger partial charge < -0.3 is 14.1 Å². The van der Waals surface area contributed by atoms with Gasteiger partial charge in [-0.05, 0) is 25.1 Å². The normalized spacial score (nSPS) is 10.2. The molecule has 0 unspecified atom stereocenters. The molecule has 0 N–H and O–H groups in total. The number of carbonyl (C=O) groups excluding carboxylic acids is 1. The lowest BCUT2D eigenvalue weighted by molar-refractivity contribution is 0.0774. The molecule has 0 spiro atoms. The summed E-state index contributed by atoms with van der Waals surface area (Å²) in [5, 5.41) is 0. The summed E-state index contributed by atoms with van der Waals surface area (Å²) in [6.45, 7) is 6.25. The zero-order valence-corrected chi connectivity index (χ0v) is 12.3. The van der Waals surface area contributed by atoms with Gasteiger partial charge in [0.2, 0.25) is 0 Å². The summed E-state index contributed by atoms with van der Waals surface area (Å²) >= 11 is 0. The molecule has 1 aromatic heterocycles. The first-order valence-electron chi connectivity index (χ1n) is 6.75. The van der Waals surface area contributed by atoms with Gasteiger partial charge in [-0.15, -0.1) is 6.58 Å². The number of hydrogen-bond donors (Lipinski definition) is 0. The topological polar surface area (TPSA) is 42.7 Å². The van der Waals surface area contributed by atoms with Crippen LogP contribution in [0.15, 0.2) is 53.5 Å². The van der Waals surface area contributed by atoms with Gasteiger partial charge in [-0.1, -0.05) is 24.3 Å². The van der Waals surface area contributed by atoms with Gasteiger partial charge >= 0.3 is 0 Å². The van der Waals surface area contributed by atoms with Crippen LogP contribution in [0.3, 0.4) is 0 Å². The van der Waals surface area contributed by atoms with E-state index in [1.54, 1.807) is 18.0 Å². The Labute approximate surface area is 124 Å². The van der Waals surface area contributed by atoms with Crippen LogP contribution in [0.1, 0.15) is 21.9 Å². The molecule has 1 aromatic carbocycles. The highest BCUT2D eigenvalue weighted by atomic mass is 16.5. The SMILES string of the molecule is C=CCN(C)C(=O)c1oc(COc2ccccc2)cc1C. The highest BCUT2D eigenvalue weighted by Crippen LogP contribution is 2.18. The Morgan fingerprint density at radius 2 is 2.10 bits per heavy atom. The molecule has 0 bridgehead atoms. The second-order valence-electron chi connectivity index (χ2n) is 4.80. The number of para-hydroxylation sites is 1. The first kappa shape index (κ1) is 14.9. The van der Waals surface area contributed by atoms with Gasteiger partial charge in [-0.25, -0.2) is 0 Å². The third-order valence-corrected chi connectivity index (χ3v) is 3.04. The van der Waals surface area contributed by atoms with Crippen molar-refractivity contribution in [2.24, 2.45) is 0 Å². The molecule has 0 saturated heterocycles. The lowest BCUT2D eigenvalue weighted by atomic mass is 10.2. The van der Waals surface area contributed by atoms with E-state index >= 15 is 0 Å². The second-order valence-corrected chi connectivity index (χ2v) is 4.80. The molecule has 0 aliphatic rings. The first-order chi connectivity index (χ1) is 10.1. The summed E-state index contributed by atoms with van der Waals surface area (Å²) in [5.41, 5.74) is 0.808. The molecule has 2 rings (SSSR count). The van der Waals surface area contributed by atoms with Crippen molar-refractivity contribution in [1.82, 2.24) is 4.90 Å². The molecule has 1 heterocycles. The lowest BCUT2D eigenvalue weighted by Crippen LogP contribution is -2.26. The second kappa shape index (κ2) is 6.79. The van der Waals surface area contributed by atoms with E-state index in [1.807, 2.05) is 43.3 Å². The van der Waals surface area contributed by atoms with Crippen LogP contribution in [-0.2, 0) is 6.61 Å². The molecule has 0 radical (unpaired) electrons. The number of carbonyl (C=O) groups is 1. The predicted octanol–water partition coefficient (Wildman–Crippen LogP) is 3.43. The van der Waals surface area contributed by atoms with Gasteiger partial charge in [0.1, 0.15) is 18.1 Å². The highest BCUT2D eigenvalue weighted by molar-refractivity contribution is 5.92. The number of amides is 1. The van der Waals surface area contributed by atoms with E-state index in [2.05, 4.69) is 6.58 Å². The monoisotopic (exact) mass is 285 g/mol. The van der Waals surface area contributed by atoms with Crippen LogP contribution in [0, 0.1) is 6.92 Å². The number of aryl methyl sites for hydroxylation is 1. The lowest BCUT2D eigenvalue weighted by Gasteiger charge is -2.13. The van der Waals surface area contributed by atoms with E-state index in [9.17, 15) is 4.79 Å². The summed E-state index contributed by atoms with van der Waals surface area (Å²) in [4.78, 5) is 13.7. The molecule has 110 valence electrons. The van der Waals surface area contributed by atoms with Gasteiger partial charge in [0.15, 0.2) is 5.76 Å². The standard InChI is InChI=1S/C17H19NO3/c1-4-10-18(3)17(19)16-13(2)11-15(21-16)12-20-14-8-6-5-7-9-14/h4-9,11H,1,10,12H2,2-3H3. The zero-order valence-electron chi connectivity index (χ0n) is 12.3. The number of furan rings is 1. The largest absolute Gasteiger partial charge is 0.486 e. The number of likely N-dealkylation sites (N-methyl/N-ethyl adjacent to an activating group) is 1. The maximum absolute atomic E-state index is 12.2. The average Bonchev–Trinajstić information content (AvgIpc) is 2.87. The third-order valence-electron chi connectivity index (χ3n) is 3.04. The van der Waals surface area contributed by atoms with Crippen molar-refractivity contribution in [2.75, 3.05) is 13.6 Å². The molecule has 0 aliphatic carbocycles. The molecule has 0 fully saturated rings. The Morgan fingerprint density at radius 3 is 2.76 bits per heavy atom. The van der Waals surface area contributed by atoms with Crippen molar-refractivity contribution in [2.45, 2.75) is 13.5 Å². The van der Waals surface area contributed by atoms with Gasteiger partial charge in [0.05, 0.1) is 0 Å². The Morgan fingerprint density at radius 1 is 1.38 bits per heavy atom. The summed E-state index contributed by atoms with van der Waals surface area (Å²) in [6.07, 6.45) is 1.68. The van der Waals surface area contributed by atoms with Crippen LogP contribution in [0.25, 0.3) is 0 Å². The minimum atomic E-state index is -0.154. The van der Waals surface area contributed by atoms with Crippen molar-refractivity contribution in [3.05, 3.63) is 66.1 Å². The van der Waals surface area contributed by atoms with E-state index < -0.39 is 0 Å². The maximum atomic E-state index is 12.2. The van der Waals surface area contributed by atoms with E-state index in [1.165, 1.54) is 0 Å². The predicted molar refractivity (Wildman–Crippen MR) is 81.4 cm³/mol. The van der Waals surface area contributed by atoms with Crippen LogP contribution in [0.2, 0.25) is 0 Å². The summed E-state index contributed by atoms with van der Waals surface area (Å²) < 4.78 is 11.2. The zero-order chi connectivity index (χ0) is 15.2. The maximum Gasteiger partial charge on any atom is 0.289 e. The Hall–Kier alpha value is -2.49. The molecule has 0 atom stereocenters. The fourth-order valence-corrected chi connectivity index (χ4v) is 1.95.